The Bertz CT molecular complexity index is 868. The molecule has 2 aliphatic rings. The number of hydrogen-bond acceptors (Lipinski definition) is 2. The molecule has 0 spiro atoms. The van der Waals surface area contributed by atoms with Gasteiger partial charge in [-0.15, -0.1) is 0 Å². The second kappa shape index (κ2) is 6.45. The third-order valence-corrected chi connectivity index (χ3v) is 5.79. The summed E-state index contributed by atoms with van der Waals surface area (Å²) in [5.41, 5.74) is 3.09. The first kappa shape index (κ1) is 16.6. The number of rotatable bonds is 2. The number of hydrogen-bond donors (Lipinski definition) is 1. The van der Waals surface area contributed by atoms with Gasteiger partial charge >= 0.3 is 0 Å². The fourth-order valence-corrected chi connectivity index (χ4v) is 4.04. The molecule has 6 heteroatoms. The van der Waals surface area contributed by atoms with Gasteiger partial charge in [0.15, 0.2) is 6.04 Å². The van der Waals surface area contributed by atoms with E-state index >= 15 is 0 Å². The Morgan fingerprint density at radius 1 is 1.00 bits per heavy atom. The van der Waals surface area contributed by atoms with E-state index in [1.54, 1.807) is 18.2 Å². The molecule has 2 amide bonds. The number of imide groups is 1. The van der Waals surface area contributed by atoms with Crippen LogP contribution in [0.15, 0.2) is 42.5 Å². The van der Waals surface area contributed by atoms with Crippen molar-refractivity contribution in [2.75, 3.05) is 11.4 Å². The molecule has 1 N–H and O–H groups in total. The molecule has 0 saturated carbocycles. The lowest BCUT2D eigenvalue weighted by molar-refractivity contribution is -0.930. The number of carbonyl (C=O) groups is 2. The van der Waals surface area contributed by atoms with Crippen LogP contribution in [0.3, 0.4) is 0 Å². The van der Waals surface area contributed by atoms with Crippen LogP contribution < -0.4 is 9.80 Å². The zero-order valence-corrected chi connectivity index (χ0v) is 15.0. The third-order valence-electron chi connectivity index (χ3n) is 5.05. The highest BCUT2D eigenvalue weighted by Crippen LogP contribution is 2.30. The summed E-state index contributed by atoms with van der Waals surface area (Å²) in [6.45, 7) is 1.63. The zero-order valence-electron chi connectivity index (χ0n) is 13.5. The zero-order chi connectivity index (χ0) is 17.6. The third kappa shape index (κ3) is 2.95. The van der Waals surface area contributed by atoms with Gasteiger partial charge < -0.3 is 4.90 Å². The number of fused-ring (bicyclic) bond motifs is 1. The van der Waals surface area contributed by atoms with E-state index in [0.717, 1.165) is 24.4 Å². The minimum absolute atomic E-state index is 0.155. The summed E-state index contributed by atoms with van der Waals surface area (Å²) in [6, 6.07) is 12.8. The highest BCUT2D eigenvalue weighted by molar-refractivity contribution is 6.42. The number of nitrogens with one attached hydrogen (secondary N) is 1. The molecule has 2 heterocycles. The molecule has 4 rings (SSSR count). The second-order valence-electron chi connectivity index (χ2n) is 6.53. The van der Waals surface area contributed by atoms with Gasteiger partial charge in [-0.2, -0.15) is 0 Å². The van der Waals surface area contributed by atoms with Crippen LogP contribution in [0.4, 0.5) is 5.69 Å². The van der Waals surface area contributed by atoms with E-state index in [4.69, 9.17) is 23.2 Å². The van der Waals surface area contributed by atoms with Crippen LogP contribution in [0.2, 0.25) is 10.0 Å². The molecule has 0 aliphatic carbocycles. The van der Waals surface area contributed by atoms with Gasteiger partial charge in [-0.25, -0.2) is 4.90 Å². The van der Waals surface area contributed by atoms with E-state index in [-0.39, 0.29) is 24.3 Å². The van der Waals surface area contributed by atoms with Crippen LogP contribution in [0.5, 0.6) is 0 Å². The minimum atomic E-state index is -0.338. The Balaban J connectivity index is 1.58. The SMILES string of the molecule is O=C1C[C@@H]([NH+]2CCc3ccccc3C2)C(=O)N1c1ccc(Cl)c(Cl)c1. The van der Waals surface area contributed by atoms with E-state index in [2.05, 4.69) is 12.1 Å². The first-order chi connectivity index (χ1) is 12.0. The molecule has 2 aliphatic heterocycles. The summed E-state index contributed by atoms with van der Waals surface area (Å²) in [7, 11) is 0. The van der Waals surface area contributed by atoms with Gasteiger partial charge in [0, 0.05) is 12.0 Å². The van der Waals surface area contributed by atoms with Crippen molar-refractivity contribution in [3.8, 4) is 0 Å². The van der Waals surface area contributed by atoms with Crippen molar-refractivity contribution in [3.05, 3.63) is 63.6 Å². The first-order valence-electron chi connectivity index (χ1n) is 8.28. The molecule has 4 nitrogen and oxygen atoms in total. The molecular weight excluding hydrogens is 359 g/mol. The minimum Gasteiger partial charge on any atom is -0.320 e. The van der Waals surface area contributed by atoms with Gasteiger partial charge in [-0.1, -0.05) is 47.5 Å². The number of anilines is 1. The van der Waals surface area contributed by atoms with E-state index < -0.39 is 0 Å². The van der Waals surface area contributed by atoms with Crippen LogP contribution in [-0.4, -0.2) is 24.4 Å². The van der Waals surface area contributed by atoms with Crippen molar-refractivity contribution in [1.82, 2.24) is 0 Å². The van der Waals surface area contributed by atoms with Crippen molar-refractivity contribution >= 4 is 40.7 Å². The van der Waals surface area contributed by atoms with Crippen LogP contribution in [0.25, 0.3) is 0 Å². The molecule has 0 bridgehead atoms. The molecule has 2 atom stereocenters. The Morgan fingerprint density at radius 3 is 2.52 bits per heavy atom. The molecule has 0 radical (unpaired) electrons. The molecule has 1 saturated heterocycles. The molecule has 128 valence electrons. The predicted octanol–water partition coefficient (Wildman–Crippen LogP) is 2.27. The van der Waals surface area contributed by atoms with Gasteiger partial charge in [-0.3, -0.25) is 9.59 Å². The van der Waals surface area contributed by atoms with Crippen molar-refractivity contribution in [2.45, 2.75) is 25.4 Å². The maximum Gasteiger partial charge on any atom is 0.292 e. The average Bonchev–Trinajstić information content (AvgIpc) is 2.91. The van der Waals surface area contributed by atoms with Crippen molar-refractivity contribution in [2.24, 2.45) is 0 Å². The van der Waals surface area contributed by atoms with Gasteiger partial charge in [0.2, 0.25) is 5.91 Å². The van der Waals surface area contributed by atoms with E-state index in [0.29, 0.717) is 15.7 Å². The molecule has 0 aromatic heterocycles. The summed E-state index contributed by atoms with van der Waals surface area (Å²) in [6.07, 6.45) is 1.16. The molecule has 25 heavy (non-hydrogen) atoms. The fourth-order valence-electron chi connectivity index (χ4n) is 3.75. The number of nitrogens with zero attached hydrogens (tertiary/aromatic N) is 1. The molecule has 1 unspecified atom stereocenters. The Labute approximate surface area is 155 Å². The van der Waals surface area contributed by atoms with E-state index in [9.17, 15) is 9.59 Å². The topological polar surface area (TPSA) is 41.8 Å². The lowest BCUT2D eigenvalue weighted by Gasteiger charge is -2.29. The Hall–Kier alpha value is -1.88. The number of carbonyl (C=O) groups excluding carboxylic acids is 2. The lowest BCUT2D eigenvalue weighted by atomic mass is 9.98. The molecule has 2 aromatic carbocycles. The Morgan fingerprint density at radius 2 is 1.76 bits per heavy atom. The van der Waals surface area contributed by atoms with Crippen molar-refractivity contribution in [1.29, 1.82) is 0 Å². The van der Waals surface area contributed by atoms with Crippen LogP contribution >= 0.6 is 23.2 Å². The highest BCUT2D eigenvalue weighted by Gasteiger charge is 2.46. The smallest absolute Gasteiger partial charge is 0.292 e. The summed E-state index contributed by atoms with van der Waals surface area (Å²) >= 11 is 12.0. The summed E-state index contributed by atoms with van der Waals surface area (Å²) < 4.78 is 0. The monoisotopic (exact) mass is 375 g/mol. The van der Waals surface area contributed by atoms with Crippen LogP contribution in [-0.2, 0) is 22.6 Å². The van der Waals surface area contributed by atoms with E-state index in [1.807, 2.05) is 12.1 Å². The number of amides is 2. The average molecular weight is 376 g/mol. The Kier molecular flexibility index (Phi) is 4.28. The van der Waals surface area contributed by atoms with Crippen molar-refractivity contribution in [3.63, 3.8) is 0 Å². The lowest BCUT2D eigenvalue weighted by Crippen LogP contribution is -3.16. The summed E-state index contributed by atoms with van der Waals surface area (Å²) in [4.78, 5) is 27.8. The first-order valence-corrected chi connectivity index (χ1v) is 9.03. The second-order valence-corrected chi connectivity index (χ2v) is 7.34. The largest absolute Gasteiger partial charge is 0.320 e. The van der Waals surface area contributed by atoms with Crippen molar-refractivity contribution < 1.29 is 14.5 Å². The number of benzene rings is 2. The van der Waals surface area contributed by atoms with Crippen LogP contribution in [0.1, 0.15) is 17.5 Å². The predicted molar refractivity (Wildman–Crippen MR) is 97.0 cm³/mol. The van der Waals surface area contributed by atoms with Gasteiger partial charge in [-0.05, 0) is 23.8 Å². The maximum atomic E-state index is 12.9. The van der Waals surface area contributed by atoms with Gasteiger partial charge in [0.25, 0.3) is 5.91 Å². The van der Waals surface area contributed by atoms with Crippen LogP contribution in [0, 0.1) is 0 Å². The standard InChI is InChI=1S/C19H16Cl2N2O2/c20-15-6-5-14(9-16(15)21)23-18(24)10-17(19(23)25)22-8-7-12-3-1-2-4-13(12)11-22/h1-6,9,17H,7-8,10-11H2/p+1/t17-/m1/s1. The van der Waals surface area contributed by atoms with Gasteiger partial charge in [0.05, 0.1) is 28.7 Å². The highest BCUT2D eigenvalue weighted by atomic mass is 35.5. The molecular formula is C19H17Cl2N2O2+. The quantitative estimate of drug-likeness (QED) is 0.818. The molecule has 1 fully saturated rings. The van der Waals surface area contributed by atoms with E-state index in [1.165, 1.54) is 16.0 Å². The normalized spacial score (nSPS) is 23.0. The fraction of sp³-hybridized carbons (Fsp3) is 0.263. The van der Waals surface area contributed by atoms with Gasteiger partial charge in [0.1, 0.15) is 6.54 Å². The summed E-state index contributed by atoms with van der Waals surface area (Å²) in [5, 5.41) is 0.738. The maximum absolute atomic E-state index is 12.9. The molecule has 2 aromatic rings. The summed E-state index contributed by atoms with van der Waals surface area (Å²) in [5.74, 6) is -0.336. The number of halogens is 2. The number of quaternary nitrogens is 1.